The maximum Gasteiger partial charge on any atom is 0.237 e. The number of aliphatic hydroxyl groups excluding tert-OH is 2. The van der Waals surface area contributed by atoms with Crippen LogP contribution in [0.1, 0.15) is 36.0 Å². The van der Waals surface area contributed by atoms with E-state index in [1.807, 2.05) is 16.8 Å². The number of likely N-dealkylation sites (N-methyl/N-ethyl adjacent to an activating group) is 2. The Kier molecular flexibility index (Phi) is 7.83. The first-order valence-corrected chi connectivity index (χ1v) is 14.5. The van der Waals surface area contributed by atoms with E-state index in [2.05, 4.69) is 5.32 Å². The number of phenolic OH excluding ortho intramolecular Hbond substituents is 1. The highest BCUT2D eigenvalue weighted by Gasteiger charge is 2.67. The molecule has 1 aromatic carbocycles. The van der Waals surface area contributed by atoms with Gasteiger partial charge in [0.05, 0.1) is 17.7 Å². The number of anilines is 1. The van der Waals surface area contributed by atoms with E-state index in [0.29, 0.717) is 16.8 Å². The second kappa shape index (κ2) is 10.9. The molecule has 43 heavy (non-hydrogen) atoms. The number of likely N-dealkylation sites (tertiary alicyclic amines) is 1. The van der Waals surface area contributed by atoms with Gasteiger partial charge in [-0.1, -0.05) is 0 Å². The average Bonchev–Trinajstić information content (AvgIpc) is 3.35. The van der Waals surface area contributed by atoms with Crippen LogP contribution >= 0.6 is 0 Å². The molecule has 3 fully saturated rings. The number of fused-ring (bicyclic) bond motifs is 3. The number of aromatic hydroxyl groups is 1. The van der Waals surface area contributed by atoms with Gasteiger partial charge in [-0.05, 0) is 70.9 Å². The molecule has 0 bridgehead atoms. The summed E-state index contributed by atoms with van der Waals surface area (Å²) >= 11 is 0. The number of ketones is 2. The minimum Gasteiger partial charge on any atom is -0.507 e. The van der Waals surface area contributed by atoms with Crippen molar-refractivity contribution in [1.29, 1.82) is 0 Å². The number of carbonyl (C=O) groups is 4. The zero-order valence-corrected chi connectivity index (χ0v) is 25.1. The van der Waals surface area contributed by atoms with Gasteiger partial charge in [0.15, 0.2) is 11.4 Å². The molecule has 7 atom stereocenters. The summed E-state index contributed by atoms with van der Waals surface area (Å²) < 4.78 is 0. The second-order valence-corrected chi connectivity index (χ2v) is 12.8. The van der Waals surface area contributed by atoms with Gasteiger partial charge in [-0.25, -0.2) is 0 Å². The van der Waals surface area contributed by atoms with E-state index >= 15 is 0 Å². The number of aliphatic hydroxyl groups is 3. The molecule has 13 nitrogen and oxygen atoms in total. The van der Waals surface area contributed by atoms with Gasteiger partial charge >= 0.3 is 0 Å². The summed E-state index contributed by atoms with van der Waals surface area (Å²) in [5, 5.41) is 48.7. The van der Waals surface area contributed by atoms with Gasteiger partial charge in [0.25, 0.3) is 0 Å². The first-order chi connectivity index (χ1) is 20.1. The number of nitrogens with zero attached hydrogens (tertiary/aromatic N) is 3. The number of carbonyl (C=O) groups excluding carboxylic acids is 4. The lowest BCUT2D eigenvalue weighted by molar-refractivity contribution is -0.184. The van der Waals surface area contributed by atoms with Crippen molar-refractivity contribution in [3.8, 4) is 5.75 Å². The van der Waals surface area contributed by atoms with E-state index in [1.165, 1.54) is 0 Å². The molecule has 1 aromatic rings. The third-order valence-electron chi connectivity index (χ3n) is 9.90. The lowest BCUT2D eigenvalue weighted by Gasteiger charge is -2.53. The van der Waals surface area contributed by atoms with Crippen LogP contribution in [0.3, 0.4) is 0 Å². The Labute approximate surface area is 249 Å². The fourth-order valence-corrected chi connectivity index (χ4v) is 7.78. The van der Waals surface area contributed by atoms with Crippen LogP contribution in [0, 0.1) is 17.8 Å². The first-order valence-electron chi connectivity index (χ1n) is 14.5. The highest BCUT2D eigenvalue weighted by atomic mass is 16.3. The van der Waals surface area contributed by atoms with E-state index in [9.17, 15) is 39.6 Å². The van der Waals surface area contributed by atoms with Gasteiger partial charge in [0.1, 0.15) is 17.4 Å². The van der Waals surface area contributed by atoms with E-state index in [0.717, 1.165) is 19.4 Å². The van der Waals surface area contributed by atoms with Crippen molar-refractivity contribution < 1.29 is 39.6 Å². The van der Waals surface area contributed by atoms with E-state index in [1.54, 1.807) is 39.2 Å². The molecule has 2 amide bonds. The highest BCUT2D eigenvalue weighted by molar-refractivity contribution is 6.25. The monoisotopic (exact) mass is 599 g/mol. The maximum atomic E-state index is 14.1. The molecule has 7 N–H and O–H groups in total. The quantitative estimate of drug-likeness (QED) is 0.217. The molecule has 13 heteroatoms. The molecule has 5 rings (SSSR count). The van der Waals surface area contributed by atoms with Crippen molar-refractivity contribution in [3.63, 3.8) is 0 Å². The minimum absolute atomic E-state index is 0.00557. The summed E-state index contributed by atoms with van der Waals surface area (Å²) in [6.07, 6.45) is 0.319. The van der Waals surface area contributed by atoms with Crippen molar-refractivity contribution >= 4 is 34.8 Å². The molecule has 2 saturated carbocycles. The molecule has 234 valence electrons. The topological polar surface area (TPSA) is 197 Å². The molecule has 3 unspecified atom stereocenters. The Morgan fingerprint density at radius 1 is 1.19 bits per heavy atom. The average molecular weight is 600 g/mol. The van der Waals surface area contributed by atoms with Gasteiger partial charge in [-0.3, -0.25) is 24.1 Å². The number of rotatable bonds is 6. The number of hydrogen-bond donors (Lipinski definition) is 6. The molecular weight excluding hydrogens is 558 g/mol. The predicted molar refractivity (Wildman–Crippen MR) is 156 cm³/mol. The van der Waals surface area contributed by atoms with E-state index < -0.39 is 58.7 Å². The number of nitrogens with two attached hydrogens (primary N) is 1. The third-order valence-corrected chi connectivity index (χ3v) is 9.90. The van der Waals surface area contributed by atoms with Crippen LogP contribution in [0.25, 0.3) is 5.76 Å². The van der Waals surface area contributed by atoms with Gasteiger partial charge < -0.3 is 41.3 Å². The molecule has 3 aliphatic carbocycles. The van der Waals surface area contributed by atoms with Crippen LogP contribution in [-0.2, 0) is 32.1 Å². The number of amides is 2. The Balaban J connectivity index is 1.59. The van der Waals surface area contributed by atoms with Gasteiger partial charge in [-0.2, -0.15) is 0 Å². The third kappa shape index (κ3) is 4.60. The van der Waals surface area contributed by atoms with Crippen LogP contribution in [0.15, 0.2) is 11.6 Å². The molecule has 0 spiro atoms. The summed E-state index contributed by atoms with van der Waals surface area (Å²) in [5.41, 5.74) is 4.05. The van der Waals surface area contributed by atoms with Gasteiger partial charge in [0, 0.05) is 49.4 Å². The molecular formula is C30H41N5O8. The molecule has 1 saturated heterocycles. The van der Waals surface area contributed by atoms with Gasteiger partial charge in [0.2, 0.25) is 17.6 Å². The molecule has 1 aliphatic heterocycles. The van der Waals surface area contributed by atoms with Crippen LogP contribution in [0.4, 0.5) is 5.69 Å². The first kappa shape index (κ1) is 30.9. The number of nitrogens with one attached hydrogen (secondary N) is 1. The number of Topliss-reactive ketones (excluding diaryl/α,β-unsaturated/α-hetero) is 2. The fourth-order valence-electron chi connectivity index (χ4n) is 7.78. The number of primary amides is 1. The van der Waals surface area contributed by atoms with Crippen molar-refractivity contribution in [2.75, 3.05) is 46.7 Å². The molecule has 0 radical (unpaired) electrons. The smallest absolute Gasteiger partial charge is 0.237 e. The zero-order valence-electron chi connectivity index (χ0n) is 25.1. The van der Waals surface area contributed by atoms with E-state index in [-0.39, 0.29) is 48.2 Å². The second-order valence-electron chi connectivity index (χ2n) is 12.8. The van der Waals surface area contributed by atoms with Gasteiger partial charge in [-0.15, -0.1) is 0 Å². The SMILES string of the molecule is CN(C)c1cc(CNC(=O)C2CCCN2C)c(O)c2c1C[C@@H]1C[C@@H]3[C@@H](N(C)C)C(O)C(C(N)=O)C(=O)[C@]3(O)C(=O)C1=C2O. The summed E-state index contributed by atoms with van der Waals surface area (Å²) in [7, 11) is 8.69. The summed E-state index contributed by atoms with van der Waals surface area (Å²) in [4.78, 5) is 58.1. The number of benzene rings is 1. The largest absolute Gasteiger partial charge is 0.507 e. The Hall–Kier alpha value is -3.52. The van der Waals surface area contributed by atoms with Crippen LogP contribution < -0.4 is 16.0 Å². The zero-order chi connectivity index (χ0) is 31.7. The Morgan fingerprint density at radius 2 is 1.86 bits per heavy atom. The number of hydrogen-bond acceptors (Lipinski definition) is 11. The Morgan fingerprint density at radius 3 is 2.42 bits per heavy atom. The number of phenols is 1. The minimum atomic E-state index is -2.72. The van der Waals surface area contributed by atoms with Crippen molar-refractivity contribution in [2.45, 2.75) is 56.0 Å². The normalized spacial score (nSPS) is 32.4. The summed E-state index contributed by atoms with van der Waals surface area (Å²) in [6, 6.07) is 0.501. The summed E-state index contributed by atoms with van der Waals surface area (Å²) in [6.45, 7) is 0.782. The van der Waals surface area contributed by atoms with Crippen molar-refractivity contribution in [2.24, 2.45) is 23.5 Å². The van der Waals surface area contributed by atoms with Crippen molar-refractivity contribution in [3.05, 3.63) is 28.3 Å². The molecule has 0 aromatic heterocycles. The summed E-state index contributed by atoms with van der Waals surface area (Å²) in [5.74, 6) is -8.06. The van der Waals surface area contributed by atoms with Crippen LogP contribution in [0.2, 0.25) is 0 Å². The lowest BCUT2D eigenvalue weighted by Crippen LogP contribution is -2.73. The lowest BCUT2D eigenvalue weighted by atomic mass is 9.54. The Bertz CT molecular complexity index is 1420. The van der Waals surface area contributed by atoms with Crippen molar-refractivity contribution in [1.82, 2.24) is 15.1 Å². The van der Waals surface area contributed by atoms with Crippen LogP contribution in [0.5, 0.6) is 5.75 Å². The standard InChI is InChI=1S/C30H41N5O8/c1-33(2)18-11-14(12-32-29(42)17-7-6-8-35(17)5)23(36)20-15(18)9-13-10-16-22(34(3)4)25(38)21(28(31)41)27(40)30(16,43)26(39)19(13)24(20)37/h11,13,16-17,21-22,25,36-38,43H,6-10,12H2,1-5H3,(H2,31,41)(H,32,42)/t13-,16-,17?,21?,22-,25?,30-/m1/s1. The van der Waals surface area contributed by atoms with E-state index in [4.69, 9.17) is 5.73 Å². The maximum absolute atomic E-state index is 14.1. The molecule has 1 heterocycles. The highest BCUT2D eigenvalue weighted by Crippen LogP contribution is 2.53. The van der Waals surface area contributed by atoms with Crippen LogP contribution in [-0.4, -0.2) is 119 Å². The molecule has 4 aliphatic rings. The fraction of sp³-hybridized carbons (Fsp3) is 0.600. The predicted octanol–water partition coefficient (Wildman–Crippen LogP) is -1.09.